The molecule has 2 unspecified atom stereocenters. The van der Waals surface area contributed by atoms with E-state index in [-0.39, 0.29) is 11.9 Å². The van der Waals surface area contributed by atoms with Gasteiger partial charge in [-0.1, -0.05) is 6.92 Å². The van der Waals surface area contributed by atoms with E-state index in [1.165, 1.54) is 12.8 Å². The molecule has 5 heteroatoms. The number of nitrogens with one attached hydrogen (secondary N) is 1. The van der Waals surface area contributed by atoms with E-state index in [1.54, 1.807) is 6.20 Å². The summed E-state index contributed by atoms with van der Waals surface area (Å²) >= 11 is 0. The maximum Gasteiger partial charge on any atom is 0.272 e. The van der Waals surface area contributed by atoms with E-state index >= 15 is 0 Å². The summed E-state index contributed by atoms with van der Waals surface area (Å²) in [4.78, 5) is 14.5. The van der Waals surface area contributed by atoms with Crippen LogP contribution in [-0.2, 0) is 0 Å². The molecule has 2 atom stereocenters. The second kappa shape index (κ2) is 4.89. The van der Waals surface area contributed by atoms with Gasteiger partial charge in [0.2, 0.25) is 0 Å². The molecule has 1 N–H and O–H groups in total. The highest BCUT2D eigenvalue weighted by Crippen LogP contribution is 2.39. The van der Waals surface area contributed by atoms with Crippen molar-refractivity contribution in [2.75, 3.05) is 20.1 Å². The molecule has 2 fully saturated rings. The molecule has 1 aromatic rings. The van der Waals surface area contributed by atoms with Crippen LogP contribution in [0, 0.1) is 5.92 Å². The molecule has 19 heavy (non-hydrogen) atoms. The van der Waals surface area contributed by atoms with Gasteiger partial charge in [0, 0.05) is 19.1 Å². The first-order chi connectivity index (χ1) is 9.13. The van der Waals surface area contributed by atoms with E-state index < -0.39 is 0 Å². The third-order valence-corrected chi connectivity index (χ3v) is 4.07. The number of carbonyl (C=O) groups excluding carboxylic acids is 1. The van der Waals surface area contributed by atoms with Crippen molar-refractivity contribution in [2.24, 2.45) is 5.92 Å². The molecule has 0 bridgehead atoms. The fourth-order valence-corrected chi connectivity index (χ4v) is 2.77. The highest BCUT2D eigenvalue weighted by Gasteiger charge is 2.30. The molecule has 2 heterocycles. The van der Waals surface area contributed by atoms with Crippen molar-refractivity contribution < 1.29 is 4.79 Å². The minimum absolute atomic E-state index is 0.0952. The van der Waals surface area contributed by atoms with E-state index in [4.69, 9.17) is 0 Å². The number of aromatic nitrogens is 2. The average molecular weight is 260 g/mol. The Morgan fingerprint density at radius 3 is 2.84 bits per heavy atom. The molecule has 1 saturated carbocycles. The Balaban J connectivity index is 1.68. The van der Waals surface area contributed by atoms with Crippen LogP contribution in [0.5, 0.6) is 0 Å². The first kappa shape index (κ1) is 12.5. The van der Waals surface area contributed by atoms with Crippen LogP contribution in [0.3, 0.4) is 0 Å². The Morgan fingerprint density at radius 2 is 2.21 bits per heavy atom. The van der Waals surface area contributed by atoms with E-state index in [0.29, 0.717) is 17.5 Å². The van der Waals surface area contributed by atoms with Crippen molar-refractivity contribution in [1.82, 2.24) is 20.4 Å². The number of nitrogens with zero attached hydrogens (tertiary/aromatic N) is 3. The Hall–Kier alpha value is -1.49. The summed E-state index contributed by atoms with van der Waals surface area (Å²) in [5, 5.41) is 11.0. The van der Waals surface area contributed by atoms with Crippen molar-refractivity contribution in [1.29, 1.82) is 0 Å². The number of hydrogen-bond donors (Lipinski definition) is 1. The van der Waals surface area contributed by atoms with Crippen LogP contribution in [-0.4, -0.2) is 47.2 Å². The molecule has 0 spiro atoms. The van der Waals surface area contributed by atoms with Gasteiger partial charge < -0.3 is 10.2 Å². The van der Waals surface area contributed by atoms with Crippen molar-refractivity contribution in [3.05, 3.63) is 23.5 Å². The second-order valence-electron chi connectivity index (χ2n) is 5.93. The Morgan fingerprint density at radius 1 is 1.42 bits per heavy atom. The zero-order valence-electron chi connectivity index (χ0n) is 11.5. The predicted molar refractivity (Wildman–Crippen MR) is 71.9 cm³/mol. The highest BCUT2D eigenvalue weighted by atomic mass is 16.2. The lowest BCUT2D eigenvalue weighted by atomic mass is 10.1. The molecule has 102 valence electrons. The minimum atomic E-state index is -0.0952. The molecular formula is C14H20N4O. The minimum Gasteiger partial charge on any atom is -0.346 e. The molecule has 2 aliphatic rings. The van der Waals surface area contributed by atoms with Crippen LogP contribution in [0.15, 0.2) is 12.3 Å². The number of amides is 1. The third kappa shape index (κ3) is 2.76. The highest BCUT2D eigenvalue weighted by molar-refractivity contribution is 5.92. The average Bonchev–Trinajstić information content (AvgIpc) is 3.18. The van der Waals surface area contributed by atoms with E-state index in [0.717, 1.165) is 18.7 Å². The summed E-state index contributed by atoms with van der Waals surface area (Å²) in [6.07, 6.45) is 4.19. The lowest BCUT2D eigenvalue weighted by Gasteiger charge is -2.16. The Bertz CT molecular complexity index is 486. The van der Waals surface area contributed by atoms with Gasteiger partial charge in [0.05, 0.1) is 6.20 Å². The fraction of sp³-hybridized carbons (Fsp3) is 0.643. The number of carbonyl (C=O) groups is 1. The molecule has 1 aromatic heterocycles. The molecule has 1 amide bonds. The van der Waals surface area contributed by atoms with Crippen molar-refractivity contribution in [3.8, 4) is 0 Å². The van der Waals surface area contributed by atoms with E-state index in [1.807, 2.05) is 6.07 Å². The van der Waals surface area contributed by atoms with Gasteiger partial charge in [-0.25, -0.2) is 0 Å². The summed E-state index contributed by atoms with van der Waals surface area (Å²) in [7, 11) is 2.08. The largest absolute Gasteiger partial charge is 0.346 e. The number of likely N-dealkylation sites (N-methyl/N-ethyl adjacent to an activating group) is 1. The monoisotopic (exact) mass is 260 g/mol. The van der Waals surface area contributed by atoms with Crippen LogP contribution in [0.25, 0.3) is 0 Å². The van der Waals surface area contributed by atoms with Gasteiger partial charge >= 0.3 is 0 Å². The Kier molecular flexibility index (Phi) is 3.22. The van der Waals surface area contributed by atoms with Gasteiger partial charge in [-0.05, 0) is 43.4 Å². The van der Waals surface area contributed by atoms with Gasteiger partial charge in [-0.3, -0.25) is 4.79 Å². The predicted octanol–water partition coefficient (Wildman–Crippen LogP) is 1.03. The smallest absolute Gasteiger partial charge is 0.272 e. The quantitative estimate of drug-likeness (QED) is 0.882. The van der Waals surface area contributed by atoms with Crippen LogP contribution >= 0.6 is 0 Å². The topological polar surface area (TPSA) is 58.1 Å². The number of hydrogen-bond acceptors (Lipinski definition) is 4. The molecule has 1 saturated heterocycles. The molecule has 1 aliphatic heterocycles. The number of rotatable bonds is 3. The lowest BCUT2D eigenvalue weighted by Crippen LogP contribution is -2.40. The zero-order valence-corrected chi connectivity index (χ0v) is 11.5. The molecule has 1 aliphatic carbocycles. The van der Waals surface area contributed by atoms with Gasteiger partial charge in [-0.15, -0.1) is 5.10 Å². The van der Waals surface area contributed by atoms with Crippen LogP contribution in [0.2, 0.25) is 0 Å². The normalized spacial score (nSPS) is 27.5. The van der Waals surface area contributed by atoms with Crippen molar-refractivity contribution >= 4 is 5.91 Å². The first-order valence-corrected chi connectivity index (χ1v) is 6.95. The summed E-state index contributed by atoms with van der Waals surface area (Å²) in [6, 6.07) is 2.10. The summed E-state index contributed by atoms with van der Waals surface area (Å²) in [5.74, 6) is 0.981. The fourth-order valence-electron chi connectivity index (χ4n) is 2.77. The van der Waals surface area contributed by atoms with Crippen LogP contribution in [0.1, 0.15) is 41.7 Å². The molecule has 0 radical (unpaired) electrons. The van der Waals surface area contributed by atoms with E-state index in [9.17, 15) is 4.79 Å². The first-order valence-electron chi connectivity index (χ1n) is 6.95. The second-order valence-corrected chi connectivity index (χ2v) is 5.93. The molecule has 5 nitrogen and oxygen atoms in total. The Labute approximate surface area is 113 Å². The van der Waals surface area contributed by atoms with Crippen LogP contribution < -0.4 is 5.32 Å². The standard InChI is InChI=1S/C14H20N4O/c1-9-7-18(2)8-13(9)16-14(19)12-5-11(6-15-17-12)10-3-4-10/h5-6,9-10,13H,3-4,7-8H2,1-2H3,(H,16,19). The SMILES string of the molecule is CC1CN(C)CC1NC(=O)c1cc(C2CC2)cnn1. The van der Waals surface area contributed by atoms with Gasteiger partial charge in [0.15, 0.2) is 5.69 Å². The lowest BCUT2D eigenvalue weighted by molar-refractivity contribution is 0.0925. The molecule has 0 aromatic carbocycles. The number of likely N-dealkylation sites (tertiary alicyclic amines) is 1. The summed E-state index contributed by atoms with van der Waals surface area (Å²) in [5.41, 5.74) is 1.60. The van der Waals surface area contributed by atoms with Crippen molar-refractivity contribution in [3.63, 3.8) is 0 Å². The molecular weight excluding hydrogens is 240 g/mol. The van der Waals surface area contributed by atoms with E-state index in [2.05, 4.69) is 34.4 Å². The summed E-state index contributed by atoms with van der Waals surface area (Å²) in [6.45, 7) is 4.10. The third-order valence-electron chi connectivity index (χ3n) is 4.07. The molecule has 3 rings (SSSR count). The maximum atomic E-state index is 12.2. The van der Waals surface area contributed by atoms with Gasteiger partial charge in [-0.2, -0.15) is 5.10 Å². The maximum absolute atomic E-state index is 12.2. The zero-order chi connectivity index (χ0) is 13.4. The van der Waals surface area contributed by atoms with Crippen molar-refractivity contribution in [2.45, 2.75) is 31.7 Å². The van der Waals surface area contributed by atoms with Crippen LogP contribution in [0.4, 0.5) is 0 Å². The summed E-state index contributed by atoms with van der Waals surface area (Å²) < 4.78 is 0. The van der Waals surface area contributed by atoms with Gasteiger partial charge in [0.1, 0.15) is 0 Å². The van der Waals surface area contributed by atoms with Gasteiger partial charge in [0.25, 0.3) is 5.91 Å².